The molecule has 3 unspecified atom stereocenters. The van der Waals surface area contributed by atoms with Crippen molar-refractivity contribution in [2.24, 2.45) is 29.6 Å². The molecule has 0 spiro atoms. The quantitative estimate of drug-likeness (QED) is 0.635. The third-order valence-electron chi connectivity index (χ3n) is 6.10. The number of ketones is 1. The molecule has 2 rings (SSSR count). The molecule has 2 aliphatic carbocycles. The molecule has 27 heavy (non-hydrogen) atoms. The number of ether oxygens (including phenoxy) is 1. The molecule has 0 aliphatic heterocycles. The van der Waals surface area contributed by atoms with Gasteiger partial charge in [0, 0.05) is 19.3 Å². The molecule has 0 aromatic carbocycles. The van der Waals surface area contributed by atoms with Gasteiger partial charge >= 0.3 is 5.97 Å². The minimum atomic E-state index is -0.541. The summed E-state index contributed by atoms with van der Waals surface area (Å²) in [5.74, 6) is 1.75. The van der Waals surface area contributed by atoms with Crippen LogP contribution in [0.15, 0.2) is 23.8 Å². The lowest BCUT2D eigenvalue weighted by Gasteiger charge is -2.43. The van der Waals surface area contributed by atoms with E-state index in [4.69, 9.17) is 4.74 Å². The van der Waals surface area contributed by atoms with Crippen LogP contribution in [0.1, 0.15) is 66.7 Å². The zero-order chi connectivity index (χ0) is 20.1. The Balaban J connectivity index is 2.05. The Kier molecular flexibility index (Phi) is 7.84. The number of allylic oxidation sites excluding steroid dienone is 3. The van der Waals surface area contributed by atoms with Crippen molar-refractivity contribution < 1.29 is 19.4 Å². The summed E-state index contributed by atoms with van der Waals surface area (Å²) in [6.45, 7) is 9.60. The van der Waals surface area contributed by atoms with E-state index in [2.05, 4.69) is 39.0 Å². The Bertz CT molecular complexity index is 591. The highest BCUT2D eigenvalue weighted by atomic mass is 16.5. The van der Waals surface area contributed by atoms with Gasteiger partial charge in [0.15, 0.2) is 0 Å². The number of carbonyl (C=O) groups is 2. The molecule has 4 nitrogen and oxygen atoms in total. The van der Waals surface area contributed by atoms with Crippen molar-refractivity contribution in [3.63, 3.8) is 0 Å². The number of hydrogen-bond acceptors (Lipinski definition) is 4. The van der Waals surface area contributed by atoms with Gasteiger partial charge in [-0.1, -0.05) is 45.4 Å². The second-order valence-electron chi connectivity index (χ2n) is 8.91. The highest BCUT2D eigenvalue weighted by molar-refractivity contribution is 5.75. The van der Waals surface area contributed by atoms with Crippen LogP contribution in [-0.4, -0.2) is 29.1 Å². The predicted molar refractivity (Wildman–Crippen MR) is 107 cm³/mol. The van der Waals surface area contributed by atoms with E-state index in [9.17, 15) is 14.7 Å². The first-order chi connectivity index (χ1) is 12.7. The Morgan fingerprint density at radius 2 is 2.00 bits per heavy atom. The van der Waals surface area contributed by atoms with E-state index in [0.717, 1.165) is 19.3 Å². The number of esters is 1. The number of fused-ring (bicyclic) bond motifs is 1. The second-order valence-corrected chi connectivity index (χ2v) is 8.91. The summed E-state index contributed by atoms with van der Waals surface area (Å²) in [5.41, 5.74) is 1.31. The molecule has 0 fully saturated rings. The van der Waals surface area contributed by atoms with Crippen LogP contribution in [0.2, 0.25) is 0 Å². The van der Waals surface area contributed by atoms with Crippen LogP contribution in [0.3, 0.4) is 0 Å². The van der Waals surface area contributed by atoms with Gasteiger partial charge in [-0.25, -0.2) is 0 Å². The number of carbonyl (C=O) groups excluding carboxylic acids is 2. The third-order valence-corrected chi connectivity index (χ3v) is 6.10. The normalized spacial score (nSPS) is 32.2. The second kappa shape index (κ2) is 9.68. The Morgan fingerprint density at radius 3 is 2.63 bits per heavy atom. The van der Waals surface area contributed by atoms with Crippen LogP contribution < -0.4 is 0 Å². The van der Waals surface area contributed by atoms with E-state index >= 15 is 0 Å². The van der Waals surface area contributed by atoms with E-state index in [1.54, 1.807) is 0 Å². The zero-order valence-electron chi connectivity index (χ0n) is 17.5. The van der Waals surface area contributed by atoms with Crippen molar-refractivity contribution in [3.8, 4) is 0 Å². The van der Waals surface area contributed by atoms with Crippen molar-refractivity contribution in [1.82, 2.24) is 0 Å². The summed E-state index contributed by atoms with van der Waals surface area (Å²) in [7, 11) is 0. The maximum absolute atomic E-state index is 11.6. The molecule has 152 valence electrons. The van der Waals surface area contributed by atoms with E-state index in [-0.39, 0.29) is 30.2 Å². The first-order valence-electron chi connectivity index (χ1n) is 10.4. The van der Waals surface area contributed by atoms with E-state index in [0.29, 0.717) is 30.1 Å². The SMILES string of the molecule is CC(=O)C[C@H](O)CC(C)CC[C@H]1C(C)C=CC2=CC(C)C[C@H](OC(C)=O)[C@@H]21. The fraction of sp³-hybridized carbons (Fsp3) is 0.739. The molecule has 1 N–H and O–H groups in total. The highest BCUT2D eigenvalue weighted by Gasteiger charge is 2.40. The Hall–Kier alpha value is -1.42. The predicted octanol–water partition coefficient (Wildman–Crippen LogP) is 4.47. The van der Waals surface area contributed by atoms with Crippen LogP contribution in [0, 0.1) is 29.6 Å². The smallest absolute Gasteiger partial charge is 0.302 e. The lowest BCUT2D eigenvalue weighted by atomic mass is 9.65. The number of Topliss-reactive ketones (excluding diaryl/α,β-unsaturated/α-hetero) is 1. The minimum absolute atomic E-state index is 0.0380. The van der Waals surface area contributed by atoms with Crippen LogP contribution in [0.4, 0.5) is 0 Å². The molecule has 0 saturated heterocycles. The summed E-state index contributed by atoms with van der Waals surface area (Å²) in [5, 5.41) is 10.0. The molecule has 0 bridgehead atoms. The van der Waals surface area contributed by atoms with Crippen molar-refractivity contribution >= 4 is 11.8 Å². The van der Waals surface area contributed by atoms with Gasteiger partial charge in [0.05, 0.1) is 6.10 Å². The van der Waals surface area contributed by atoms with Gasteiger partial charge in [-0.3, -0.25) is 9.59 Å². The summed E-state index contributed by atoms with van der Waals surface area (Å²) in [6.07, 6.45) is 10.1. The minimum Gasteiger partial charge on any atom is -0.462 e. The molecule has 0 radical (unpaired) electrons. The largest absolute Gasteiger partial charge is 0.462 e. The van der Waals surface area contributed by atoms with Crippen LogP contribution in [0.25, 0.3) is 0 Å². The lowest BCUT2D eigenvalue weighted by molar-refractivity contribution is -0.151. The van der Waals surface area contributed by atoms with E-state index in [1.165, 1.54) is 19.4 Å². The number of aliphatic hydroxyl groups is 1. The molecule has 0 amide bonds. The maximum Gasteiger partial charge on any atom is 0.302 e. The molecule has 2 aliphatic rings. The summed E-state index contributed by atoms with van der Waals surface area (Å²) in [6, 6.07) is 0. The molecule has 7 atom stereocenters. The standard InChI is InChI=1S/C23H36O4/c1-14(11-20(26)13-17(4)24)6-9-21-16(3)7-8-19-10-15(2)12-22(23(19)21)27-18(5)25/h7-8,10,14-16,20-23,26H,6,9,11-13H2,1-5H3/t14?,15?,16?,20-,21+,22+,23+/m1/s1. The van der Waals surface area contributed by atoms with Crippen LogP contribution in [0.5, 0.6) is 0 Å². The topological polar surface area (TPSA) is 63.6 Å². The molecular weight excluding hydrogens is 340 g/mol. The lowest BCUT2D eigenvalue weighted by Crippen LogP contribution is -2.40. The van der Waals surface area contributed by atoms with Gasteiger partial charge in [-0.05, 0) is 55.4 Å². The van der Waals surface area contributed by atoms with Gasteiger partial charge in [0.1, 0.15) is 11.9 Å². The van der Waals surface area contributed by atoms with Crippen LogP contribution >= 0.6 is 0 Å². The van der Waals surface area contributed by atoms with Crippen molar-refractivity contribution in [3.05, 3.63) is 23.8 Å². The number of aliphatic hydroxyl groups excluding tert-OH is 1. The molecule has 4 heteroatoms. The fourth-order valence-corrected chi connectivity index (χ4v) is 4.91. The van der Waals surface area contributed by atoms with E-state index < -0.39 is 6.10 Å². The molecule has 0 heterocycles. The summed E-state index contributed by atoms with van der Waals surface area (Å²) in [4.78, 5) is 22.8. The first kappa shape index (κ1) is 21.9. The van der Waals surface area contributed by atoms with E-state index in [1.807, 2.05) is 0 Å². The average molecular weight is 377 g/mol. The maximum atomic E-state index is 11.6. The van der Waals surface area contributed by atoms with Gasteiger partial charge in [0.2, 0.25) is 0 Å². The monoisotopic (exact) mass is 376 g/mol. The van der Waals surface area contributed by atoms with Gasteiger partial charge < -0.3 is 9.84 Å². The molecular formula is C23H36O4. The molecule has 0 saturated carbocycles. The number of rotatable bonds is 8. The molecule has 0 aromatic heterocycles. The van der Waals surface area contributed by atoms with Gasteiger partial charge in [-0.2, -0.15) is 0 Å². The van der Waals surface area contributed by atoms with Crippen LogP contribution in [-0.2, 0) is 14.3 Å². The Labute approximate surface area is 164 Å². The number of hydrogen-bond donors (Lipinski definition) is 1. The first-order valence-corrected chi connectivity index (χ1v) is 10.4. The van der Waals surface area contributed by atoms with Crippen molar-refractivity contribution in [1.29, 1.82) is 0 Å². The fourth-order valence-electron chi connectivity index (χ4n) is 4.91. The van der Waals surface area contributed by atoms with Crippen molar-refractivity contribution in [2.75, 3.05) is 0 Å². The van der Waals surface area contributed by atoms with Gasteiger partial charge in [-0.15, -0.1) is 0 Å². The zero-order valence-corrected chi connectivity index (χ0v) is 17.5. The highest BCUT2D eigenvalue weighted by Crippen LogP contribution is 2.45. The summed E-state index contributed by atoms with van der Waals surface area (Å²) >= 11 is 0. The van der Waals surface area contributed by atoms with Crippen molar-refractivity contribution in [2.45, 2.75) is 78.9 Å². The average Bonchev–Trinajstić information content (AvgIpc) is 2.52. The third kappa shape index (κ3) is 6.31. The van der Waals surface area contributed by atoms with Gasteiger partial charge in [0.25, 0.3) is 0 Å². The summed E-state index contributed by atoms with van der Waals surface area (Å²) < 4.78 is 5.73. The Morgan fingerprint density at radius 1 is 1.30 bits per heavy atom. The molecule has 0 aromatic rings.